The summed E-state index contributed by atoms with van der Waals surface area (Å²) in [5.74, 6) is 1.85. The van der Waals surface area contributed by atoms with Crippen LogP contribution in [0.1, 0.15) is 4.88 Å². The monoisotopic (exact) mass is 209 g/mol. The Balaban J connectivity index is 1.98. The minimum absolute atomic E-state index is 0.753. The molecule has 2 rings (SSSR count). The van der Waals surface area contributed by atoms with Crippen molar-refractivity contribution in [3.63, 3.8) is 0 Å². The maximum Gasteiger partial charge on any atom is 0.134 e. The summed E-state index contributed by atoms with van der Waals surface area (Å²) < 4.78 is 5.20. The van der Waals surface area contributed by atoms with Crippen LogP contribution < -0.4 is 10.1 Å². The van der Waals surface area contributed by atoms with E-state index in [-0.39, 0.29) is 0 Å². The van der Waals surface area contributed by atoms with Crippen LogP contribution in [0.2, 0.25) is 0 Å². The van der Waals surface area contributed by atoms with Crippen LogP contribution in [0.5, 0.6) is 5.75 Å². The van der Waals surface area contributed by atoms with Gasteiger partial charge in [0.05, 0.1) is 24.7 Å². The van der Waals surface area contributed by atoms with Gasteiger partial charge in [-0.3, -0.25) is 5.10 Å². The Morgan fingerprint density at radius 3 is 3.21 bits per heavy atom. The van der Waals surface area contributed by atoms with Crippen molar-refractivity contribution >= 4 is 17.2 Å². The number of rotatable bonds is 4. The number of hydrogen-bond donors (Lipinski definition) is 2. The molecule has 14 heavy (non-hydrogen) atoms. The second-order valence-corrected chi connectivity index (χ2v) is 3.74. The fraction of sp³-hybridized carbons (Fsp3) is 0.222. The largest absolute Gasteiger partial charge is 0.496 e. The minimum Gasteiger partial charge on any atom is -0.496 e. The lowest BCUT2D eigenvalue weighted by molar-refractivity contribution is 0.413. The first kappa shape index (κ1) is 9.08. The Labute approximate surface area is 85.9 Å². The van der Waals surface area contributed by atoms with E-state index in [1.807, 2.05) is 17.5 Å². The van der Waals surface area contributed by atoms with Crippen molar-refractivity contribution < 1.29 is 4.74 Å². The smallest absolute Gasteiger partial charge is 0.134 e. The van der Waals surface area contributed by atoms with Crippen LogP contribution in [0.4, 0.5) is 5.82 Å². The Morgan fingerprint density at radius 1 is 1.57 bits per heavy atom. The summed E-state index contributed by atoms with van der Waals surface area (Å²) in [6.07, 6.45) is 1.72. The molecule has 5 heteroatoms. The van der Waals surface area contributed by atoms with Crippen LogP contribution >= 0.6 is 11.3 Å². The Morgan fingerprint density at radius 2 is 2.50 bits per heavy atom. The predicted molar refractivity (Wildman–Crippen MR) is 56.8 cm³/mol. The predicted octanol–water partition coefficient (Wildman–Crippen LogP) is 2.09. The second kappa shape index (κ2) is 4.15. The minimum atomic E-state index is 0.753. The van der Waals surface area contributed by atoms with Gasteiger partial charge in [-0.25, -0.2) is 0 Å². The molecule has 0 aliphatic rings. The molecule has 2 aromatic heterocycles. The van der Waals surface area contributed by atoms with Crippen LogP contribution in [-0.4, -0.2) is 17.3 Å². The van der Waals surface area contributed by atoms with Crippen LogP contribution in [0, 0.1) is 0 Å². The molecular formula is C9H11N3OS. The van der Waals surface area contributed by atoms with Crippen molar-refractivity contribution in [2.45, 2.75) is 6.54 Å². The van der Waals surface area contributed by atoms with E-state index in [0.717, 1.165) is 18.1 Å². The van der Waals surface area contributed by atoms with Gasteiger partial charge in [0.15, 0.2) is 0 Å². The fourth-order valence-electron chi connectivity index (χ4n) is 1.17. The van der Waals surface area contributed by atoms with Gasteiger partial charge < -0.3 is 10.1 Å². The number of thiophene rings is 1. The summed E-state index contributed by atoms with van der Waals surface area (Å²) in [7, 11) is 1.68. The standard InChI is InChI=1S/C9H11N3OS/c1-13-7-3-5-14-8(7)6-10-9-2-4-11-12-9/h2-5H,6H2,1H3,(H2,10,11,12). The molecule has 2 aromatic rings. The number of anilines is 1. The van der Waals surface area contributed by atoms with Gasteiger partial charge in [-0.1, -0.05) is 0 Å². The molecule has 0 atom stereocenters. The summed E-state index contributed by atoms with van der Waals surface area (Å²) in [4.78, 5) is 1.18. The fourth-order valence-corrected chi connectivity index (χ4v) is 1.95. The van der Waals surface area contributed by atoms with Crippen LogP contribution in [0.25, 0.3) is 0 Å². The van der Waals surface area contributed by atoms with Gasteiger partial charge in [0, 0.05) is 0 Å². The summed E-state index contributed by atoms with van der Waals surface area (Å²) >= 11 is 1.67. The van der Waals surface area contributed by atoms with Gasteiger partial charge in [-0.05, 0) is 17.5 Å². The first-order valence-corrected chi connectivity index (χ1v) is 5.11. The van der Waals surface area contributed by atoms with Crippen molar-refractivity contribution in [3.05, 3.63) is 28.6 Å². The molecule has 0 aliphatic carbocycles. The third-order valence-corrected chi connectivity index (χ3v) is 2.77. The molecule has 0 spiro atoms. The van der Waals surface area contributed by atoms with Crippen molar-refractivity contribution in [1.82, 2.24) is 10.2 Å². The van der Waals surface area contributed by atoms with E-state index in [1.165, 1.54) is 4.88 Å². The molecule has 2 heterocycles. The van der Waals surface area contributed by atoms with Crippen LogP contribution in [0.3, 0.4) is 0 Å². The van der Waals surface area contributed by atoms with Crippen LogP contribution in [-0.2, 0) is 6.54 Å². The van der Waals surface area contributed by atoms with Gasteiger partial charge in [-0.15, -0.1) is 11.3 Å². The highest BCUT2D eigenvalue weighted by Crippen LogP contribution is 2.24. The molecular weight excluding hydrogens is 198 g/mol. The van der Waals surface area contributed by atoms with E-state index in [1.54, 1.807) is 24.6 Å². The molecule has 0 amide bonds. The molecule has 0 saturated heterocycles. The summed E-state index contributed by atoms with van der Waals surface area (Å²) in [5.41, 5.74) is 0. The van der Waals surface area contributed by atoms with E-state index in [2.05, 4.69) is 15.5 Å². The van der Waals surface area contributed by atoms with Crippen molar-refractivity contribution in [2.24, 2.45) is 0 Å². The summed E-state index contributed by atoms with van der Waals surface area (Å²) in [6.45, 7) is 0.753. The highest BCUT2D eigenvalue weighted by Gasteiger charge is 2.03. The van der Waals surface area contributed by atoms with E-state index < -0.39 is 0 Å². The van der Waals surface area contributed by atoms with E-state index in [9.17, 15) is 0 Å². The zero-order chi connectivity index (χ0) is 9.80. The third kappa shape index (κ3) is 1.88. The SMILES string of the molecule is COc1ccsc1CNc1ccn[nH]1. The first-order chi connectivity index (χ1) is 6.90. The summed E-state index contributed by atoms with van der Waals surface area (Å²) in [5, 5.41) is 11.9. The van der Waals surface area contributed by atoms with Gasteiger partial charge in [0.2, 0.25) is 0 Å². The lowest BCUT2D eigenvalue weighted by atomic mass is 10.4. The van der Waals surface area contributed by atoms with Crippen LogP contribution in [0.15, 0.2) is 23.7 Å². The Kier molecular flexibility index (Phi) is 2.69. The van der Waals surface area contributed by atoms with Crippen molar-refractivity contribution in [3.8, 4) is 5.75 Å². The molecule has 74 valence electrons. The van der Waals surface area contributed by atoms with Crippen molar-refractivity contribution in [1.29, 1.82) is 0 Å². The number of H-pyrrole nitrogens is 1. The third-order valence-electron chi connectivity index (χ3n) is 1.86. The number of ether oxygens (including phenoxy) is 1. The second-order valence-electron chi connectivity index (χ2n) is 2.74. The normalized spacial score (nSPS) is 10.1. The Hall–Kier alpha value is -1.49. The molecule has 0 fully saturated rings. The molecule has 0 aliphatic heterocycles. The first-order valence-electron chi connectivity index (χ1n) is 4.24. The topological polar surface area (TPSA) is 49.9 Å². The molecule has 4 nitrogen and oxygen atoms in total. The maximum atomic E-state index is 5.20. The molecule has 0 aromatic carbocycles. The number of methoxy groups -OCH3 is 1. The number of aromatic amines is 1. The molecule has 0 radical (unpaired) electrons. The number of hydrogen-bond acceptors (Lipinski definition) is 4. The molecule has 0 bridgehead atoms. The van der Waals surface area contributed by atoms with E-state index in [4.69, 9.17) is 4.74 Å². The highest BCUT2D eigenvalue weighted by atomic mass is 32.1. The maximum absolute atomic E-state index is 5.20. The lowest BCUT2D eigenvalue weighted by Crippen LogP contribution is -1.99. The van der Waals surface area contributed by atoms with Gasteiger partial charge in [-0.2, -0.15) is 5.10 Å². The quantitative estimate of drug-likeness (QED) is 0.810. The van der Waals surface area contributed by atoms with E-state index >= 15 is 0 Å². The molecule has 2 N–H and O–H groups in total. The number of nitrogens with one attached hydrogen (secondary N) is 2. The Bertz CT molecular complexity index is 382. The van der Waals surface area contributed by atoms with Gasteiger partial charge in [0.25, 0.3) is 0 Å². The van der Waals surface area contributed by atoms with Crippen molar-refractivity contribution in [2.75, 3.05) is 12.4 Å². The zero-order valence-corrected chi connectivity index (χ0v) is 8.60. The van der Waals surface area contributed by atoms with E-state index in [0.29, 0.717) is 0 Å². The number of aromatic nitrogens is 2. The molecule has 0 unspecified atom stereocenters. The average molecular weight is 209 g/mol. The molecule has 0 saturated carbocycles. The van der Waals surface area contributed by atoms with Gasteiger partial charge >= 0.3 is 0 Å². The summed E-state index contributed by atoms with van der Waals surface area (Å²) in [6, 6.07) is 3.86. The average Bonchev–Trinajstić information content (AvgIpc) is 2.85. The number of nitrogens with zero attached hydrogens (tertiary/aromatic N) is 1. The zero-order valence-electron chi connectivity index (χ0n) is 7.78. The lowest BCUT2D eigenvalue weighted by Gasteiger charge is -2.03. The van der Waals surface area contributed by atoms with Gasteiger partial charge in [0.1, 0.15) is 11.6 Å². The highest BCUT2D eigenvalue weighted by molar-refractivity contribution is 7.10.